The maximum Gasteiger partial charge on any atom is 0.495 e. The zero-order valence-electron chi connectivity index (χ0n) is 18.3. The molecule has 0 radical (unpaired) electrons. The van der Waals surface area contributed by atoms with E-state index in [0.717, 1.165) is 23.2 Å². The van der Waals surface area contributed by atoms with Crippen LogP contribution in [0.1, 0.15) is 38.8 Å². The van der Waals surface area contributed by atoms with Gasteiger partial charge in [-0.05, 0) is 62.5 Å². The van der Waals surface area contributed by atoms with Gasteiger partial charge < -0.3 is 18.8 Å². The standard InChI is InChI=1S/C24H29BO5/c1-23(2)24(3,4)30-25(29-23)21-13-12-20(17-19(21)11-14-22(26)27-5)28-16-15-18-9-7-6-8-10-18/h6-14,17H,15-16H2,1-5H3/b14-11+. The summed E-state index contributed by atoms with van der Waals surface area (Å²) in [6.07, 6.45) is 3.90. The molecule has 0 aromatic heterocycles. The van der Waals surface area contributed by atoms with Crippen LogP contribution in [-0.4, -0.2) is 38.0 Å². The molecule has 0 saturated carbocycles. The quantitative estimate of drug-likeness (QED) is 0.396. The highest BCUT2D eigenvalue weighted by atomic mass is 16.7. The molecule has 1 aliphatic rings. The molecule has 1 fully saturated rings. The Morgan fingerprint density at radius 2 is 1.70 bits per heavy atom. The molecule has 2 aromatic rings. The number of carbonyl (C=O) groups excluding carboxylic acids is 1. The number of benzene rings is 2. The van der Waals surface area contributed by atoms with Crippen molar-refractivity contribution in [2.24, 2.45) is 0 Å². The molecule has 30 heavy (non-hydrogen) atoms. The van der Waals surface area contributed by atoms with E-state index in [1.165, 1.54) is 18.7 Å². The minimum absolute atomic E-state index is 0.426. The molecule has 1 aliphatic heterocycles. The Balaban J connectivity index is 1.80. The first-order valence-electron chi connectivity index (χ1n) is 10.1. The maximum atomic E-state index is 11.6. The smallest absolute Gasteiger partial charge is 0.493 e. The Kier molecular flexibility index (Phi) is 6.69. The van der Waals surface area contributed by atoms with Crippen molar-refractivity contribution in [3.63, 3.8) is 0 Å². The zero-order valence-corrected chi connectivity index (χ0v) is 18.3. The molecule has 0 N–H and O–H groups in total. The minimum Gasteiger partial charge on any atom is -0.493 e. The highest BCUT2D eigenvalue weighted by molar-refractivity contribution is 6.63. The number of hydrogen-bond acceptors (Lipinski definition) is 5. The van der Waals surface area contributed by atoms with E-state index >= 15 is 0 Å². The number of ether oxygens (including phenoxy) is 2. The van der Waals surface area contributed by atoms with Crippen molar-refractivity contribution in [1.82, 2.24) is 0 Å². The molecule has 0 amide bonds. The van der Waals surface area contributed by atoms with Crippen LogP contribution in [0.15, 0.2) is 54.6 Å². The van der Waals surface area contributed by atoms with E-state index in [4.69, 9.17) is 18.8 Å². The summed E-state index contributed by atoms with van der Waals surface area (Å²) < 4.78 is 23.1. The minimum atomic E-state index is -0.536. The second-order valence-electron chi connectivity index (χ2n) is 8.32. The van der Waals surface area contributed by atoms with Crippen molar-refractivity contribution in [3.8, 4) is 5.75 Å². The van der Waals surface area contributed by atoms with E-state index in [1.54, 1.807) is 6.08 Å². The second kappa shape index (κ2) is 9.06. The van der Waals surface area contributed by atoms with Gasteiger partial charge in [0.15, 0.2) is 0 Å². The molecule has 0 unspecified atom stereocenters. The summed E-state index contributed by atoms with van der Waals surface area (Å²) in [5, 5.41) is 0. The van der Waals surface area contributed by atoms with Gasteiger partial charge in [0, 0.05) is 12.5 Å². The molecule has 1 saturated heterocycles. The van der Waals surface area contributed by atoms with E-state index in [1.807, 2.05) is 64.1 Å². The Morgan fingerprint density at radius 1 is 1.03 bits per heavy atom. The van der Waals surface area contributed by atoms with E-state index in [-0.39, 0.29) is 0 Å². The van der Waals surface area contributed by atoms with Gasteiger partial charge in [0.2, 0.25) is 0 Å². The lowest BCUT2D eigenvalue weighted by molar-refractivity contribution is -0.134. The third-order valence-electron chi connectivity index (χ3n) is 5.67. The highest BCUT2D eigenvalue weighted by Crippen LogP contribution is 2.37. The van der Waals surface area contributed by atoms with Crippen LogP contribution in [0, 0.1) is 0 Å². The first kappa shape index (κ1) is 22.1. The number of rotatable bonds is 7. The van der Waals surface area contributed by atoms with Crippen LogP contribution in [0.2, 0.25) is 0 Å². The Morgan fingerprint density at radius 3 is 2.33 bits per heavy atom. The predicted octanol–water partition coefficient (Wildman–Crippen LogP) is 3.79. The fourth-order valence-corrected chi connectivity index (χ4v) is 3.13. The largest absolute Gasteiger partial charge is 0.495 e. The second-order valence-corrected chi connectivity index (χ2v) is 8.32. The van der Waals surface area contributed by atoms with Crippen LogP contribution in [-0.2, 0) is 25.3 Å². The number of esters is 1. The lowest BCUT2D eigenvalue weighted by atomic mass is 9.75. The van der Waals surface area contributed by atoms with Crippen LogP contribution >= 0.6 is 0 Å². The Bertz CT molecular complexity index is 889. The van der Waals surface area contributed by atoms with Gasteiger partial charge in [0.1, 0.15) is 5.75 Å². The van der Waals surface area contributed by atoms with Crippen molar-refractivity contribution in [1.29, 1.82) is 0 Å². The predicted molar refractivity (Wildman–Crippen MR) is 119 cm³/mol. The summed E-state index contributed by atoms with van der Waals surface area (Å²) in [5.41, 5.74) is 1.94. The maximum absolute atomic E-state index is 11.6. The zero-order chi connectivity index (χ0) is 21.8. The topological polar surface area (TPSA) is 54.0 Å². The van der Waals surface area contributed by atoms with Crippen LogP contribution in [0.5, 0.6) is 5.75 Å². The number of methoxy groups -OCH3 is 1. The van der Waals surface area contributed by atoms with Gasteiger partial charge >= 0.3 is 13.1 Å². The molecule has 0 bridgehead atoms. The van der Waals surface area contributed by atoms with Gasteiger partial charge in [-0.1, -0.05) is 36.4 Å². The van der Waals surface area contributed by atoms with Gasteiger partial charge in [-0.15, -0.1) is 0 Å². The molecular formula is C24H29BO5. The summed E-state index contributed by atoms with van der Waals surface area (Å²) >= 11 is 0. The monoisotopic (exact) mass is 408 g/mol. The fourth-order valence-electron chi connectivity index (χ4n) is 3.13. The molecule has 2 aromatic carbocycles. The molecule has 1 heterocycles. The molecule has 3 rings (SSSR count). The van der Waals surface area contributed by atoms with Crippen LogP contribution < -0.4 is 10.2 Å². The molecular weight excluding hydrogens is 379 g/mol. The number of hydrogen-bond donors (Lipinski definition) is 0. The SMILES string of the molecule is COC(=O)/C=C/c1cc(OCCc2ccccc2)ccc1B1OC(C)(C)C(C)(C)O1. The van der Waals surface area contributed by atoms with Gasteiger partial charge in [-0.25, -0.2) is 4.79 Å². The van der Waals surface area contributed by atoms with Crippen molar-refractivity contribution in [2.45, 2.75) is 45.3 Å². The van der Waals surface area contributed by atoms with Crippen LogP contribution in [0.25, 0.3) is 6.08 Å². The Labute approximate surface area is 179 Å². The van der Waals surface area contributed by atoms with Crippen molar-refractivity contribution in [3.05, 3.63) is 65.7 Å². The summed E-state index contributed by atoms with van der Waals surface area (Å²) in [5.74, 6) is 0.293. The first-order valence-corrected chi connectivity index (χ1v) is 10.1. The van der Waals surface area contributed by atoms with Crippen LogP contribution in [0.3, 0.4) is 0 Å². The Hall–Kier alpha value is -2.57. The molecule has 0 spiro atoms. The van der Waals surface area contributed by atoms with Gasteiger partial charge in [0.25, 0.3) is 0 Å². The highest BCUT2D eigenvalue weighted by Gasteiger charge is 2.52. The van der Waals surface area contributed by atoms with E-state index in [0.29, 0.717) is 6.61 Å². The molecule has 5 nitrogen and oxygen atoms in total. The summed E-state index contributed by atoms with van der Waals surface area (Å²) in [7, 11) is 0.816. The van der Waals surface area contributed by atoms with E-state index in [2.05, 4.69) is 12.1 Å². The average Bonchev–Trinajstić information content (AvgIpc) is 2.94. The summed E-state index contributed by atoms with van der Waals surface area (Å²) in [6.45, 7) is 8.60. The van der Waals surface area contributed by atoms with Gasteiger partial charge in [-0.2, -0.15) is 0 Å². The average molecular weight is 408 g/mol. The summed E-state index contributed by atoms with van der Waals surface area (Å²) in [4.78, 5) is 11.6. The fraction of sp³-hybridized carbons (Fsp3) is 0.375. The lowest BCUT2D eigenvalue weighted by Gasteiger charge is -2.32. The molecule has 0 aliphatic carbocycles. The van der Waals surface area contributed by atoms with E-state index < -0.39 is 24.3 Å². The van der Waals surface area contributed by atoms with E-state index in [9.17, 15) is 4.79 Å². The van der Waals surface area contributed by atoms with Gasteiger partial charge in [0.05, 0.1) is 24.9 Å². The number of carbonyl (C=O) groups is 1. The molecule has 158 valence electrons. The molecule has 0 atom stereocenters. The third-order valence-corrected chi connectivity index (χ3v) is 5.67. The van der Waals surface area contributed by atoms with Crippen molar-refractivity contribution < 1.29 is 23.6 Å². The van der Waals surface area contributed by atoms with Crippen molar-refractivity contribution >= 4 is 24.6 Å². The van der Waals surface area contributed by atoms with Crippen molar-refractivity contribution in [2.75, 3.05) is 13.7 Å². The summed E-state index contributed by atoms with van der Waals surface area (Å²) in [6, 6.07) is 15.9. The lowest BCUT2D eigenvalue weighted by Crippen LogP contribution is -2.41. The van der Waals surface area contributed by atoms with Crippen LogP contribution in [0.4, 0.5) is 0 Å². The normalized spacial score (nSPS) is 17.3. The molecule has 6 heteroatoms. The first-order chi connectivity index (χ1) is 14.2. The van der Waals surface area contributed by atoms with Gasteiger partial charge in [-0.3, -0.25) is 0 Å². The third kappa shape index (κ3) is 5.13.